The average Bonchev–Trinajstić information content (AvgIpc) is 2.66. The summed E-state index contributed by atoms with van der Waals surface area (Å²) in [7, 11) is 0. The van der Waals surface area contributed by atoms with Crippen LogP contribution >= 0.6 is 0 Å². The monoisotopic (exact) mass is 209 g/mol. The number of anilines is 2. The second-order valence-corrected chi connectivity index (χ2v) is 4.39. The molecule has 0 N–H and O–H groups in total. The fraction of sp³-hybridized carbons (Fsp3) is 0.200. The Kier molecular flexibility index (Phi) is 2.17. The smallest absolute Gasteiger partial charge is 0.0446 e. The van der Waals surface area contributed by atoms with Crippen LogP contribution in [0.3, 0.4) is 0 Å². The van der Waals surface area contributed by atoms with E-state index in [9.17, 15) is 0 Å². The topological polar surface area (TPSA) is 3.24 Å². The largest absolute Gasteiger partial charge is 0.338 e. The van der Waals surface area contributed by atoms with Crippen LogP contribution in [0.4, 0.5) is 11.4 Å². The van der Waals surface area contributed by atoms with Gasteiger partial charge in [-0.1, -0.05) is 36.4 Å². The molecular formula is C15H15N. The summed E-state index contributed by atoms with van der Waals surface area (Å²) in [5, 5.41) is 0. The highest BCUT2D eigenvalue weighted by molar-refractivity contribution is 5.70. The Morgan fingerprint density at radius 1 is 0.938 bits per heavy atom. The van der Waals surface area contributed by atoms with Gasteiger partial charge in [0, 0.05) is 17.4 Å². The highest BCUT2D eigenvalue weighted by Crippen LogP contribution is 2.37. The number of nitrogens with zero attached hydrogens (tertiary/aromatic N) is 1. The van der Waals surface area contributed by atoms with Crippen molar-refractivity contribution in [2.75, 3.05) is 4.90 Å². The van der Waals surface area contributed by atoms with Gasteiger partial charge >= 0.3 is 0 Å². The minimum Gasteiger partial charge on any atom is -0.338 e. The second kappa shape index (κ2) is 3.67. The Balaban J connectivity index is 2.09. The van der Waals surface area contributed by atoms with E-state index in [1.807, 2.05) is 0 Å². The lowest BCUT2D eigenvalue weighted by Gasteiger charge is -2.24. The standard InChI is InChI=1S/C15H15N/c1-12-11-13-7-5-6-10-15(13)16(12)14-8-3-2-4-9-14/h2-10,12H,11H2,1H3. The van der Waals surface area contributed by atoms with E-state index in [-0.39, 0.29) is 0 Å². The van der Waals surface area contributed by atoms with Gasteiger partial charge in [-0.2, -0.15) is 0 Å². The first-order valence-corrected chi connectivity index (χ1v) is 5.78. The van der Waals surface area contributed by atoms with Gasteiger partial charge in [-0.3, -0.25) is 0 Å². The minimum absolute atomic E-state index is 0.555. The lowest BCUT2D eigenvalue weighted by Crippen LogP contribution is -2.23. The maximum atomic E-state index is 2.43. The molecule has 1 aliphatic rings. The first-order chi connectivity index (χ1) is 7.86. The summed E-state index contributed by atoms with van der Waals surface area (Å²) in [5.74, 6) is 0. The number of para-hydroxylation sites is 2. The molecule has 1 atom stereocenters. The molecular weight excluding hydrogens is 194 g/mol. The maximum absolute atomic E-state index is 2.43. The highest BCUT2D eigenvalue weighted by atomic mass is 15.2. The Morgan fingerprint density at radius 2 is 1.62 bits per heavy atom. The molecule has 0 radical (unpaired) electrons. The van der Waals surface area contributed by atoms with E-state index in [0.717, 1.165) is 6.42 Å². The third kappa shape index (κ3) is 1.40. The van der Waals surface area contributed by atoms with Crippen molar-refractivity contribution in [3.8, 4) is 0 Å². The van der Waals surface area contributed by atoms with E-state index < -0.39 is 0 Å². The fourth-order valence-corrected chi connectivity index (χ4v) is 2.55. The molecule has 16 heavy (non-hydrogen) atoms. The van der Waals surface area contributed by atoms with Crippen molar-refractivity contribution in [2.24, 2.45) is 0 Å². The number of hydrogen-bond acceptors (Lipinski definition) is 1. The molecule has 3 rings (SSSR count). The molecule has 0 saturated heterocycles. The van der Waals surface area contributed by atoms with Gasteiger partial charge in [-0.25, -0.2) is 0 Å². The van der Waals surface area contributed by atoms with Gasteiger partial charge in [0.25, 0.3) is 0 Å². The molecule has 2 aromatic carbocycles. The van der Waals surface area contributed by atoms with Crippen LogP contribution in [-0.4, -0.2) is 6.04 Å². The lowest BCUT2D eigenvalue weighted by molar-refractivity contribution is 0.759. The molecule has 80 valence electrons. The van der Waals surface area contributed by atoms with Crippen LogP contribution in [0.25, 0.3) is 0 Å². The van der Waals surface area contributed by atoms with Crippen molar-refractivity contribution in [1.29, 1.82) is 0 Å². The van der Waals surface area contributed by atoms with Crippen LogP contribution in [0.2, 0.25) is 0 Å². The van der Waals surface area contributed by atoms with Gasteiger partial charge in [0.2, 0.25) is 0 Å². The van der Waals surface area contributed by atoms with Gasteiger partial charge in [-0.05, 0) is 37.1 Å². The summed E-state index contributed by atoms with van der Waals surface area (Å²) in [6, 6.07) is 19.9. The van der Waals surface area contributed by atoms with Crippen molar-refractivity contribution in [3.63, 3.8) is 0 Å². The van der Waals surface area contributed by atoms with Crippen molar-refractivity contribution in [2.45, 2.75) is 19.4 Å². The summed E-state index contributed by atoms with van der Waals surface area (Å²) in [6.45, 7) is 2.28. The summed E-state index contributed by atoms with van der Waals surface area (Å²) < 4.78 is 0. The molecule has 0 aromatic heterocycles. The average molecular weight is 209 g/mol. The summed E-state index contributed by atoms with van der Waals surface area (Å²) in [4.78, 5) is 2.43. The maximum Gasteiger partial charge on any atom is 0.0446 e. The van der Waals surface area contributed by atoms with Crippen LogP contribution < -0.4 is 4.90 Å². The summed E-state index contributed by atoms with van der Waals surface area (Å²) in [6.07, 6.45) is 1.14. The third-order valence-corrected chi connectivity index (χ3v) is 3.24. The molecule has 0 spiro atoms. The summed E-state index contributed by atoms with van der Waals surface area (Å²) >= 11 is 0. The molecule has 0 fully saturated rings. The number of rotatable bonds is 1. The Labute approximate surface area is 96.3 Å². The third-order valence-electron chi connectivity index (χ3n) is 3.24. The normalized spacial score (nSPS) is 18.6. The zero-order valence-electron chi connectivity index (χ0n) is 9.43. The van der Waals surface area contributed by atoms with Crippen LogP contribution in [0.1, 0.15) is 12.5 Å². The first kappa shape index (κ1) is 9.46. The number of fused-ring (bicyclic) bond motifs is 1. The van der Waals surface area contributed by atoms with E-state index in [1.54, 1.807) is 0 Å². The van der Waals surface area contributed by atoms with Gasteiger partial charge in [-0.15, -0.1) is 0 Å². The van der Waals surface area contributed by atoms with Crippen LogP contribution in [0.15, 0.2) is 54.6 Å². The fourth-order valence-electron chi connectivity index (χ4n) is 2.55. The molecule has 1 aliphatic heterocycles. The Bertz CT molecular complexity index is 490. The Morgan fingerprint density at radius 3 is 2.44 bits per heavy atom. The molecule has 1 nitrogen and oxygen atoms in total. The molecule has 1 unspecified atom stereocenters. The van der Waals surface area contributed by atoms with Crippen molar-refractivity contribution >= 4 is 11.4 Å². The van der Waals surface area contributed by atoms with Gasteiger partial charge in [0.05, 0.1) is 0 Å². The van der Waals surface area contributed by atoms with Gasteiger partial charge < -0.3 is 4.90 Å². The SMILES string of the molecule is CC1Cc2ccccc2N1c1ccccc1. The molecule has 2 aromatic rings. The minimum atomic E-state index is 0.555. The highest BCUT2D eigenvalue weighted by Gasteiger charge is 2.26. The number of hydrogen-bond donors (Lipinski definition) is 0. The van der Waals surface area contributed by atoms with Gasteiger partial charge in [0.1, 0.15) is 0 Å². The molecule has 0 amide bonds. The quantitative estimate of drug-likeness (QED) is 0.691. The molecule has 1 heterocycles. The lowest BCUT2D eigenvalue weighted by atomic mass is 10.1. The Hall–Kier alpha value is -1.76. The molecule has 1 heteroatoms. The first-order valence-electron chi connectivity index (χ1n) is 5.78. The van der Waals surface area contributed by atoms with Crippen molar-refractivity contribution in [1.82, 2.24) is 0 Å². The van der Waals surface area contributed by atoms with E-state index in [0.29, 0.717) is 6.04 Å². The summed E-state index contributed by atoms with van der Waals surface area (Å²) in [5.41, 5.74) is 4.11. The van der Waals surface area contributed by atoms with E-state index in [2.05, 4.69) is 66.4 Å². The predicted octanol–water partition coefficient (Wildman–Crippen LogP) is 3.77. The van der Waals surface area contributed by atoms with Crippen LogP contribution in [0, 0.1) is 0 Å². The van der Waals surface area contributed by atoms with Gasteiger partial charge in [0.15, 0.2) is 0 Å². The van der Waals surface area contributed by atoms with Crippen molar-refractivity contribution < 1.29 is 0 Å². The molecule has 0 aliphatic carbocycles. The van der Waals surface area contributed by atoms with E-state index in [4.69, 9.17) is 0 Å². The van der Waals surface area contributed by atoms with E-state index in [1.165, 1.54) is 16.9 Å². The molecule has 0 bridgehead atoms. The van der Waals surface area contributed by atoms with Crippen molar-refractivity contribution in [3.05, 3.63) is 60.2 Å². The predicted molar refractivity (Wildman–Crippen MR) is 68.2 cm³/mol. The van der Waals surface area contributed by atoms with Crippen LogP contribution in [0.5, 0.6) is 0 Å². The molecule has 0 saturated carbocycles. The van der Waals surface area contributed by atoms with Crippen LogP contribution in [-0.2, 0) is 6.42 Å². The zero-order chi connectivity index (χ0) is 11.0. The number of benzene rings is 2. The zero-order valence-corrected chi connectivity index (χ0v) is 9.43. The van der Waals surface area contributed by atoms with E-state index >= 15 is 0 Å². The second-order valence-electron chi connectivity index (χ2n) is 4.39.